The van der Waals surface area contributed by atoms with Crippen molar-refractivity contribution in [2.24, 2.45) is 15.7 Å². The number of nitrogens with zero attached hydrogens (tertiary/aromatic N) is 6. The van der Waals surface area contributed by atoms with Crippen LogP contribution in [0.2, 0.25) is 0 Å². The Balaban J connectivity index is 1.94. The molecule has 3 rings (SSSR count). The van der Waals surface area contributed by atoms with Crippen molar-refractivity contribution in [2.75, 3.05) is 14.1 Å². The van der Waals surface area contributed by atoms with E-state index < -0.39 is 0 Å². The van der Waals surface area contributed by atoms with Gasteiger partial charge in [0.2, 0.25) is 5.89 Å². The molecule has 0 radical (unpaired) electrons. The van der Waals surface area contributed by atoms with E-state index in [9.17, 15) is 4.79 Å². The first-order valence-corrected chi connectivity index (χ1v) is 8.99. The summed E-state index contributed by atoms with van der Waals surface area (Å²) in [6, 6.07) is 10.6. The van der Waals surface area contributed by atoms with Crippen LogP contribution < -0.4 is 5.73 Å². The molecule has 0 unspecified atom stereocenters. The Labute approximate surface area is 173 Å². The number of nitrogens with two attached hydrogens (primary N) is 1. The van der Waals surface area contributed by atoms with Crippen molar-refractivity contribution in [3.63, 3.8) is 0 Å². The number of aromatic nitrogens is 3. The van der Waals surface area contributed by atoms with Crippen LogP contribution in [0.3, 0.4) is 0 Å². The van der Waals surface area contributed by atoms with Gasteiger partial charge in [-0.25, -0.2) is 9.98 Å². The minimum atomic E-state index is -0.0775. The number of amides is 1. The molecule has 0 atom stereocenters. The van der Waals surface area contributed by atoms with Crippen LogP contribution in [-0.4, -0.2) is 52.5 Å². The Kier molecular flexibility index (Phi) is 6.11. The van der Waals surface area contributed by atoms with Crippen LogP contribution in [-0.2, 0) is 0 Å². The van der Waals surface area contributed by atoms with Crippen LogP contribution >= 0.6 is 0 Å². The molecule has 0 bridgehead atoms. The lowest BCUT2D eigenvalue weighted by molar-refractivity contribution is 0.0827. The van der Waals surface area contributed by atoms with Gasteiger partial charge < -0.3 is 15.1 Å². The molecule has 0 saturated heterocycles. The highest BCUT2D eigenvalue weighted by Crippen LogP contribution is 2.24. The van der Waals surface area contributed by atoms with Gasteiger partial charge in [0.1, 0.15) is 0 Å². The Hall–Kier alpha value is -4.14. The van der Waals surface area contributed by atoms with Gasteiger partial charge in [-0.05, 0) is 43.5 Å². The summed E-state index contributed by atoms with van der Waals surface area (Å²) >= 11 is 0. The summed E-state index contributed by atoms with van der Waals surface area (Å²) in [7, 11) is 3.41. The SMILES string of the molecule is C=N/C(N)=C(\N=C(/C)c1ccc(C(=O)N(C)C)cc1)c1nnc(-c2ccncc2)o1. The second kappa shape index (κ2) is 8.91. The third-order valence-electron chi connectivity index (χ3n) is 4.20. The molecule has 0 fully saturated rings. The summed E-state index contributed by atoms with van der Waals surface area (Å²) in [5.74, 6) is 0.400. The van der Waals surface area contributed by atoms with Crippen molar-refractivity contribution >= 4 is 24.0 Å². The number of aliphatic imine (C=N–C) groups is 2. The molecular formula is C21H21N7O2. The number of rotatable bonds is 6. The fourth-order valence-corrected chi connectivity index (χ4v) is 2.56. The molecule has 1 amide bonds. The van der Waals surface area contributed by atoms with Crippen LogP contribution in [0.4, 0.5) is 0 Å². The van der Waals surface area contributed by atoms with Gasteiger partial charge in [0.25, 0.3) is 11.8 Å². The molecular weight excluding hydrogens is 382 g/mol. The fourth-order valence-electron chi connectivity index (χ4n) is 2.56. The quantitative estimate of drug-likeness (QED) is 0.631. The van der Waals surface area contributed by atoms with Gasteiger partial charge >= 0.3 is 0 Å². The van der Waals surface area contributed by atoms with E-state index in [2.05, 4.69) is 31.9 Å². The van der Waals surface area contributed by atoms with E-state index in [1.807, 2.05) is 0 Å². The summed E-state index contributed by atoms with van der Waals surface area (Å²) in [5.41, 5.74) is 8.92. The maximum Gasteiger partial charge on any atom is 0.270 e. The van der Waals surface area contributed by atoms with E-state index in [4.69, 9.17) is 10.2 Å². The highest BCUT2D eigenvalue weighted by Gasteiger charge is 2.16. The Bertz CT molecular complexity index is 1110. The molecule has 0 spiro atoms. The van der Waals surface area contributed by atoms with E-state index in [1.54, 1.807) is 69.8 Å². The lowest BCUT2D eigenvalue weighted by atomic mass is 10.1. The van der Waals surface area contributed by atoms with Crippen molar-refractivity contribution in [1.29, 1.82) is 0 Å². The van der Waals surface area contributed by atoms with Gasteiger partial charge in [0, 0.05) is 43.3 Å². The Morgan fingerprint density at radius 1 is 1.07 bits per heavy atom. The van der Waals surface area contributed by atoms with Gasteiger partial charge in [-0.2, -0.15) is 0 Å². The Morgan fingerprint density at radius 2 is 1.70 bits per heavy atom. The Morgan fingerprint density at radius 3 is 2.30 bits per heavy atom. The molecule has 2 N–H and O–H groups in total. The lowest BCUT2D eigenvalue weighted by Gasteiger charge is -2.10. The number of carbonyl (C=O) groups excluding carboxylic acids is 1. The predicted molar refractivity (Wildman–Crippen MR) is 115 cm³/mol. The van der Waals surface area contributed by atoms with Crippen LogP contribution in [0.1, 0.15) is 28.7 Å². The van der Waals surface area contributed by atoms with E-state index >= 15 is 0 Å². The van der Waals surface area contributed by atoms with Gasteiger partial charge in [0.15, 0.2) is 11.5 Å². The minimum absolute atomic E-state index is 0.0543. The van der Waals surface area contributed by atoms with Crippen molar-refractivity contribution < 1.29 is 9.21 Å². The third kappa shape index (κ3) is 4.46. The average molecular weight is 403 g/mol. The van der Waals surface area contributed by atoms with Crippen molar-refractivity contribution in [1.82, 2.24) is 20.1 Å². The standard InChI is InChI=1S/C21H21N7O2/c1-13(14-5-7-16(8-6-14)21(29)28(3)4)25-17(18(22)23-2)20-27-26-19(30-20)15-9-11-24-12-10-15/h5-12H,2,22H2,1,3-4H3/b18-17-,25-13+. The molecule has 0 saturated carbocycles. The van der Waals surface area contributed by atoms with E-state index in [0.29, 0.717) is 17.2 Å². The molecule has 2 aromatic heterocycles. The molecule has 9 heteroatoms. The molecule has 3 aromatic rings. The topological polar surface area (TPSA) is 123 Å². The first-order valence-electron chi connectivity index (χ1n) is 8.99. The number of benzene rings is 1. The van der Waals surface area contributed by atoms with Crippen LogP contribution in [0.5, 0.6) is 0 Å². The van der Waals surface area contributed by atoms with E-state index in [1.165, 1.54) is 4.90 Å². The summed E-state index contributed by atoms with van der Waals surface area (Å²) in [6.45, 7) is 5.26. The highest BCUT2D eigenvalue weighted by atomic mass is 16.4. The fraction of sp³-hybridized carbons (Fsp3) is 0.143. The molecule has 0 aliphatic carbocycles. The number of carbonyl (C=O) groups is 1. The lowest BCUT2D eigenvalue weighted by Crippen LogP contribution is -2.21. The second-order valence-corrected chi connectivity index (χ2v) is 6.51. The van der Waals surface area contributed by atoms with Gasteiger partial charge in [0.05, 0.1) is 0 Å². The highest BCUT2D eigenvalue weighted by molar-refractivity contribution is 6.02. The molecule has 1 aromatic carbocycles. The van der Waals surface area contributed by atoms with Crippen molar-refractivity contribution in [3.8, 4) is 11.5 Å². The number of pyridine rings is 1. The zero-order valence-electron chi connectivity index (χ0n) is 16.9. The number of hydrogen-bond acceptors (Lipinski definition) is 8. The third-order valence-corrected chi connectivity index (χ3v) is 4.20. The maximum absolute atomic E-state index is 12.1. The van der Waals surface area contributed by atoms with Crippen molar-refractivity contribution in [3.05, 3.63) is 71.6 Å². The van der Waals surface area contributed by atoms with Gasteiger partial charge in [-0.15, -0.1) is 10.2 Å². The molecule has 2 heterocycles. The first kappa shape index (κ1) is 20.6. The normalized spacial score (nSPS) is 12.3. The summed E-state index contributed by atoms with van der Waals surface area (Å²) in [4.78, 5) is 25.8. The van der Waals surface area contributed by atoms with Crippen LogP contribution in [0, 0.1) is 0 Å². The van der Waals surface area contributed by atoms with Crippen LogP contribution in [0.25, 0.3) is 17.2 Å². The monoisotopic (exact) mass is 403 g/mol. The van der Waals surface area contributed by atoms with E-state index in [0.717, 1.165) is 11.1 Å². The molecule has 9 nitrogen and oxygen atoms in total. The largest absolute Gasteiger partial charge is 0.414 e. The molecule has 0 aliphatic heterocycles. The zero-order chi connectivity index (χ0) is 21.7. The molecule has 152 valence electrons. The first-order chi connectivity index (χ1) is 14.4. The van der Waals surface area contributed by atoms with Crippen LogP contribution in [0.15, 0.2) is 69.0 Å². The molecule has 0 aliphatic rings. The number of hydrogen-bond donors (Lipinski definition) is 1. The summed E-state index contributed by atoms with van der Waals surface area (Å²) in [6.07, 6.45) is 3.26. The van der Waals surface area contributed by atoms with Gasteiger partial charge in [-0.3, -0.25) is 9.78 Å². The zero-order valence-corrected chi connectivity index (χ0v) is 16.9. The predicted octanol–water partition coefficient (Wildman–Crippen LogP) is 2.63. The minimum Gasteiger partial charge on any atom is -0.414 e. The van der Waals surface area contributed by atoms with Crippen molar-refractivity contribution in [2.45, 2.75) is 6.92 Å². The second-order valence-electron chi connectivity index (χ2n) is 6.51. The summed E-state index contributed by atoms with van der Waals surface area (Å²) < 4.78 is 5.74. The van der Waals surface area contributed by atoms with E-state index in [-0.39, 0.29) is 23.3 Å². The van der Waals surface area contributed by atoms with Gasteiger partial charge in [-0.1, -0.05) is 12.1 Å². The molecule has 30 heavy (non-hydrogen) atoms. The summed E-state index contributed by atoms with van der Waals surface area (Å²) in [5, 5.41) is 8.09. The smallest absolute Gasteiger partial charge is 0.270 e. The maximum atomic E-state index is 12.1. The average Bonchev–Trinajstić information content (AvgIpc) is 3.27.